The molecule has 1 heterocycles. The average Bonchev–Trinajstić information content (AvgIpc) is 3.15. The molecule has 0 bridgehead atoms. The van der Waals surface area contributed by atoms with Gasteiger partial charge in [0.2, 0.25) is 0 Å². The topological polar surface area (TPSA) is 88.2 Å². The molecule has 1 aromatic heterocycles. The minimum atomic E-state index is -3.97. The highest BCUT2D eigenvalue weighted by atomic mass is 35.5. The van der Waals surface area contributed by atoms with Crippen molar-refractivity contribution in [1.82, 2.24) is 9.71 Å². The number of nitrogens with one attached hydrogen (secondary N) is 2. The number of pyridine rings is 1. The molecule has 0 aliphatic heterocycles. The highest BCUT2D eigenvalue weighted by Gasteiger charge is 2.33. The molecule has 1 amide bonds. The van der Waals surface area contributed by atoms with E-state index >= 15 is 0 Å². The second-order valence-electron chi connectivity index (χ2n) is 6.95. The maximum Gasteiger partial charge on any atom is 0.258 e. The van der Waals surface area contributed by atoms with Gasteiger partial charge in [-0.05, 0) is 60.9 Å². The third kappa shape index (κ3) is 4.30. The molecular weight excluding hydrogens is 448 g/mol. The Hall–Kier alpha value is -2.88. The molecule has 0 spiro atoms. The second kappa shape index (κ2) is 8.33. The normalized spacial score (nSPS) is 15.5. The van der Waals surface area contributed by atoms with Crippen LogP contribution in [-0.4, -0.2) is 19.3 Å². The van der Waals surface area contributed by atoms with Gasteiger partial charge in [-0.2, -0.15) is 0 Å². The van der Waals surface area contributed by atoms with Gasteiger partial charge in [0.25, 0.3) is 15.9 Å². The minimum Gasteiger partial charge on any atom is -0.322 e. The number of aromatic nitrogens is 1. The lowest BCUT2D eigenvalue weighted by molar-refractivity contribution is 0.102. The third-order valence-electron chi connectivity index (χ3n) is 4.97. The molecule has 2 N–H and O–H groups in total. The van der Waals surface area contributed by atoms with Gasteiger partial charge in [-0.1, -0.05) is 17.7 Å². The van der Waals surface area contributed by atoms with Crippen LogP contribution in [0.15, 0.2) is 59.8 Å². The fourth-order valence-electron chi connectivity index (χ4n) is 3.57. The number of rotatable bonds is 5. The molecule has 1 atom stereocenters. The number of nitrogens with zero attached hydrogens (tertiary/aromatic N) is 1. The van der Waals surface area contributed by atoms with E-state index in [1.807, 2.05) is 0 Å². The van der Waals surface area contributed by atoms with E-state index in [0.717, 1.165) is 12.1 Å². The van der Waals surface area contributed by atoms with Crippen LogP contribution in [0, 0.1) is 11.6 Å². The Morgan fingerprint density at radius 3 is 2.58 bits per heavy atom. The quantitative estimate of drug-likeness (QED) is 0.592. The molecule has 2 aromatic carbocycles. The summed E-state index contributed by atoms with van der Waals surface area (Å²) in [7, 11) is -3.97. The van der Waals surface area contributed by atoms with Crippen LogP contribution in [0.3, 0.4) is 0 Å². The first-order chi connectivity index (χ1) is 14.8. The maximum atomic E-state index is 14.6. The fraction of sp³-hybridized carbons (Fsp3) is 0.143. The van der Waals surface area contributed by atoms with Crippen molar-refractivity contribution in [2.75, 3.05) is 5.32 Å². The average molecular weight is 464 g/mol. The Balaban J connectivity index is 1.62. The van der Waals surface area contributed by atoms with Gasteiger partial charge in [0.1, 0.15) is 11.6 Å². The molecule has 0 saturated carbocycles. The smallest absolute Gasteiger partial charge is 0.258 e. The minimum absolute atomic E-state index is 0.129. The van der Waals surface area contributed by atoms with Gasteiger partial charge < -0.3 is 5.32 Å². The van der Waals surface area contributed by atoms with Crippen molar-refractivity contribution < 1.29 is 22.0 Å². The molecule has 4 rings (SSSR count). The van der Waals surface area contributed by atoms with Crippen molar-refractivity contribution in [3.8, 4) is 0 Å². The molecule has 3 aromatic rings. The van der Waals surface area contributed by atoms with E-state index in [2.05, 4.69) is 15.0 Å². The zero-order valence-corrected chi connectivity index (χ0v) is 17.5. The molecule has 31 heavy (non-hydrogen) atoms. The van der Waals surface area contributed by atoms with Crippen molar-refractivity contribution in [3.05, 3.63) is 88.1 Å². The van der Waals surface area contributed by atoms with Gasteiger partial charge >= 0.3 is 0 Å². The monoisotopic (exact) mass is 463 g/mol. The van der Waals surface area contributed by atoms with Crippen molar-refractivity contribution in [2.45, 2.75) is 23.9 Å². The van der Waals surface area contributed by atoms with Crippen molar-refractivity contribution in [1.29, 1.82) is 0 Å². The lowest BCUT2D eigenvalue weighted by Gasteiger charge is -2.16. The molecule has 0 radical (unpaired) electrons. The Kier molecular flexibility index (Phi) is 5.74. The summed E-state index contributed by atoms with van der Waals surface area (Å²) in [6.45, 7) is 0. The van der Waals surface area contributed by atoms with E-state index in [0.29, 0.717) is 12.0 Å². The zero-order chi connectivity index (χ0) is 22.2. The summed E-state index contributed by atoms with van der Waals surface area (Å²) in [6.07, 6.45) is 1.93. The van der Waals surface area contributed by atoms with E-state index < -0.39 is 33.6 Å². The molecular formula is C21H16ClF2N3O3S. The van der Waals surface area contributed by atoms with Gasteiger partial charge in [0, 0.05) is 23.0 Å². The first kappa shape index (κ1) is 21.4. The number of carbonyl (C=O) groups excluding carboxylic acids is 1. The van der Waals surface area contributed by atoms with Crippen LogP contribution >= 0.6 is 11.6 Å². The van der Waals surface area contributed by atoms with Gasteiger partial charge in [-0.25, -0.2) is 26.9 Å². The van der Waals surface area contributed by atoms with Gasteiger partial charge in [0.15, 0.2) is 5.03 Å². The van der Waals surface area contributed by atoms with Crippen LogP contribution in [-0.2, 0) is 16.4 Å². The number of benzene rings is 2. The molecule has 0 saturated heterocycles. The molecule has 10 heteroatoms. The summed E-state index contributed by atoms with van der Waals surface area (Å²) in [5.41, 5.74) is 1.03. The Morgan fingerprint density at radius 2 is 1.87 bits per heavy atom. The second-order valence-corrected chi connectivity index (χ2v) is 9.02. The van der Waals surface area contributed by atoms with Crippen LogP contribution in [0.4, 0.5) is 14.5 Å². The number of halogens is 3. The number of sulfonamides is 1. The largest absolute Gasteiger partial charge is 0.322 e. The molecule has 1 aliphatic carbocycles. The molecule has 1 aliphatic rings. The van der Waals surface area contributed by atoms with E-state index in [1.54, 1.807) is 6.07 Å². The standard InChI is InChI=1S/C21H16ClF2N3O3S/c22-15-11-12(4-7-16(15)23)26-21(28)14-5-8-17(24)20-13(14)6-9-18(20)27-31(29,30)19-3-1-2-10-25-19/h1-5,7-8,10-11,18,27H,6,9H2,(H,26,28). The number of hydrogen-bond donors (Lipinski definition) is 2. The SMILES string of the molecule is O=C(Nc1ccc(F)c(Cl)c1)c1ccc(F)c2c1CCC2NS(=O)(=O)c1ccccn1. The Morgan fingerprint density at radius 1 is 1.10 bits per heavy atom. The molecule has 1 unspecified atom stereocenters. The lowest BCUT2D eigenvalue weighted by atomic mass is 10.0. The first-order valence-electron chi connectivity index (χ1n) is 9.27. The summed E-state index contributed by atoms with van der Waals surface area (Å²) in [5, 5.41) is 2.28. The van der Waals surface area contributed by atoms with Crippen LogP contribution < -0.4 is 10.0 Å². The molecule has 0 fully saturated rings. The molecule has 6 nitrogen and oxygen atoms in total. The van der Waals surface area contributed by atoms with Gasteiger partial charge in [-0.15, -0.1) is 0 Å². The number of hydrogen-bond acceptors (Lipinski definition) is 4. The van der Waals surface area contributed by atoms with Crippen LogP contribution in [0.1, 0.15) is 33.9 Å². The van der Waals surface area contributed by atoms with E-state index in [4.69, 9.17) is 11.6 Å². The van der Waals surface area contributed by atoms with Crippen molar-refractivity contribution in [2.24, 2.45) is 0 Å². The van der Waals surface area contributed by atoms with Crippen molar-refractivity contribution in [3.63, 3.8) is 0 Å². The van der Waals surface area contributed by atoms with Crippen LogP contribution in [0.25, 0.3) is 0 Å². The highest BCUT2D eigenvalue weighted by molar-refractivity contribution is 7.89. The van der Waals surface area contributed by atoms with Gasteiger partial charge in [-0.3, -0.25) is 4.79 Å². The highest BCUT2D eigenvalue weighted by Crippen LogP contribution is 2.36. The predicted molar refractivity (Wildman–Crippen MR) is 111 cm³/mol. The summed E-state index contributed by atoms with van der Waals surface area (Å²) in [5.74, 6) is -1.76. The first-order valence-corrected chi connectivity index (χ1v) is 11.1. The number of anilines is 1. The fourth-order valence-corrected chi connectivity index (χ4v) is 4.94. The number of amides is 1. The van der Waals surface area contributed by atoms with E-state index in [-0.39, 0.29) is 33.3 Å². The summed E-state index contributed by atoms with van der Waals surface area (Å²) >= 11 is 5.74. The van der Waals surface area contributed by atoms with E-state index in [9.17, 15) is 22.0 Å². The van der Waals surface area contributed by atoms with Crippen LogP contribution in [0.2, 0.25) is 5.02 Å². The number of fused-ring (bicyclic) bond motifs is 1. The lowest BCUT2D eigenvalue weighted by Crippen LogP contribution is -2.28. The number of carbonyl (C=O) groups is 1. The van der Waals surface area contributed by atoms with Crippen LogP contribution in [0.5, 0.6) is 0 Å². The van der Waals surface area contributed by atoms with Gasteiger partial charge in [0.05, 0.1) is 11.1 Å². The third-order valence-corrected chi connectivity index (χ3v) is 6.64. The summed E-state index contributed by atoms with van der Waals surface area (Å²) in [4.78, 5) is 16.6. The summed E-state index contributed by atoms with van der Waals surface area (Å²) in [6, 6.07) is 9.83. The Bertz CT molecular complexity index is 1270. The molecule has 160 valence electrons. The predicted octanol–water partition coefficient (Wildman–Crippen LogP) is 4.23. The van der Waals surface area contributed by atoms with Crippen molar-refractivity contribution >= 4 is 33.2 Å². The van der Waals surface area contributed by atoms with E-state index in [1.165, 1.54) is 36.5 Å². The maximum absolute atomic E-state index is 14.6. The Labute approximate surface area is 182 Å². The summed E-state index contributed by atoms with van der Waals surface area (Å²) < 4.78 is 55.7. The zero-order valence-electron chi connectivity index (χ0n) is 15.9.